The molecule has 0 aromatic carbocycles. The molecule has 160 valence electrons. The number of ketones is 1. The lowest BCUT2D eigenvalue weighted by Gasteiger charge is -2.52. The predicted octanol–water partition coefficient (Wildman–Crippen LogP) is 1.18. The van der Waals surface area contributed by atoms with Crippen LogP contribution in [-0.2, 0) is 9.53 Å². The molecule has 0 bridgehead atoms. The van der Waals surface area contributed by atoms with Crippen LogP contribution >= 0.6 is 11.6 Å². The second kappa shape index (κ2) is 8.48. The van der Waals surface area contributed by atoms with Gasteiger partial charge in [-0.15, -0.1) is 11.6 Å². The maximum Gasteiger partial charge on any atom is 0.143 e. The Balaban J connectivity index is 1.59. The highest BCUT2D eigenvalue weighted by Gasteiger charge is 2.55. The number of carbonyl (C=O) groups is 1. The van der Waals surface area contributed by atoms with E-state index < -0.39 is 30.3 Å². The Bertz CT molecular complexity index is 577. The van der Waals surface area contributed by atoms with Crippen molar-refractivity contribution in [2.24, 2.45) is 23.7 Å². The Labute approximate surface area is 172 Å². The second-order valence-corrected chi connectivity index (χ2v) is 10.1. The van der Waals surface area contributed by atoms with E-state index in [0.29, 0.717) is 13.0 Å². The summed E-state index contributed by atoms with van der Waals surface area (Å²) in [5, 5.41) is 32.1. The molecular weight excluding hydrogens is 382 g/mol. The molecule has 4 aliphatic rings. The van der Waals surface area contributed by atoms with Gasteiger partial charge >= 0.3 is 0 Å². The monoisotopic (exact) mass is 415 g/mol. The van der Waals surface area contributed by atoms with E-state index in [2.05, 4.69) is 4.90 Å². The smallest absolute Gasteiger partial charge is 0.143 e. The van der Waals surface area contributed by atoms with Gasteiger partial charge in [-0.05, 0) is 38.8 Å². The molecule has 2 saturated heterocycles. The number of aliphatic hydroxyl groups excluding tert-OH is 3. The molecule has 10 atom stereocenters. The highest BCUT2D eigenvalue weighted by molar-refractivity contribution is 6.20. The van der Waals surface area contributed by atoms with Crippen molar-refractivity contribution in [1.29, 1.82) is 0 Å². The fraction of sp³-hybridized carbons (Fsp3) is 0.952. The minimum absolute atomic E-state index is 0.00825. The summed E-state index contributed by atoms with van der Waals surface area (Å²) in [5.74, 6) is -0.895. The molecule has 2 heterocycles. The average Bonchev–Trinajstić information content (AvgIpc) is 2.63. The van der Waals surface area contributed by atoms with Crippen molar-refractivity contribution in [3.8, 4) is 0 Å². The third-order valence-corrected chi connectivity index (χ3v) is 8.26. The minimum atomic E-state index is -0.883. The number of ether oxygens (including phenoxy) is 1. The summed E-state index contributed by atoms with van der Waals surface area (Å²) in [6.07, 6.45) is 2.31. The zero-order valence-electron chi connectivity index (χ0n) is 16.6. The van der Waals surface area contributed by atoms with Gasteiger partial charge in [0.25, 0.3) is 0 Å². The van der Waals surface area contributed by atoms with Crippen LogP contribution in [0.1, 0.15) is 44.9 Å². The van der Waals surface area contributed by atoms with Crippen molar-refractivity contribution in [2.75, 3.05) is 20.1 Å². The number of nitrogens with zero attached hydrogens (tertiary/aromatic N) is 1. The normalized spacial score (nSPS) is 51.0. The van der Waals surface area contributed by atoms with Gasteiger partial charge in [-0.3, -0.25) is 4.79 Å². The number of likely N-dealkylation sites (tertiary alicyclic amines) is 1. The maximum absolute atomic E-state index is 13.0. The van der Waals surface area contributed by atoms with Crippen LogP contribution in [0.3, 0.4) is 0 Å². The molecule has 3 N–H and O–H groups in total. The van der Waals surface area contributed by atoms with Gasteiger partial charge < -0.3 is 25.0 Å². The molecule has 0 radical (unpaired) electrons. The summed E-state index contributed by atoms with van der Waals surface area (Å²) in [5.41, 5.74) is 0. The fourth-order valence-electron chi connectivity index (χ4n) is 6.26. The number of hydrogen-bond acceptors (Lipinski definition) is 6. The zero-order valence-corrected chi connectivity index (χ0v) is 17.4. The van der Waals surface area contributed by atoms with E-state index >= 15 is 0 Å². The standard InChI is InChI=1S/C21H34ClNO5/c1-23-7-6-12(17(27)10-23)19-14(24)8-15(25)20-16(26)9-18(28-21(19)20)11-4-2-3-5-13(11)22/h11-15,17-21,24-25,27H,2-10H2,1H3/t11?,12-,13?,14?,15?,17+,18?,19?,20?,21?/m0/s1. The quantitative estimate of drug-likeness (QED) is 0.587. The number of aliphatic hydroxyl groups is 3. The first kappa shape index (κ1) is 21.0. The van der Waals surface area contributed by atoms with Crippen molar-refractivity contribution >= 4 is 17.4 Å². The molecule has 0 aromatic rings. The fourth-order valence-corrected chi connectivity index (χ4v) is 6.70. The molecule has 0 amide bonds. The molecule has 4 rings (SSSR count). The Morgan fingerprint density at radius 3 is 2.50 bits per heavy atom. The van der Waals surface area contributed by atoms with Gasteiger partial charge in [-0.1, -0.05) is 12.8 Å². The number of fused-ring (bicyclic) bond motifs is 1. The Hall–Kier alpha value is -0.240. The minimum Gasteiger partial charge on any atom is -0.393 e. The van der Waals surface area contributed by atoms with Crippen LogP contribution in [0.15, 0.2) is 0 Å². The van der Waals surface area contributed by atoms with E-state index in [-0.39, 0.29) is 41.4 Å². The van der Waals surface area contributed by atoms with Gasteiger partial charge in [0, 0.05) is 36.6 Å². The van der Waals surface area contributed by atoms with Crippen LogP contribution in [-0.4, -0.2) is 82.0 Å². The Morgan fingerprint density at radius 2 is 1.79 bits per heavy atom. The van der Waals surface area contributed by atoms with Crippen LogP contribution < -0.4 is 0 Å². The molecule has 28 heavy (non-hydrogen) atoms. The van der Waals surface area contributed by atoms with E-state index in [1.54, 1.807) is 0 Å². The van der Waals surface area contributed by atoms with Crippen LogP contribution in [0.5, 0.6) is 0 Å². The first-order valence-corrected chi connectivity index (χ1v) is 11.4. The first-order valence-electron chi connectivity index (χ1n) is 10.9. The predicted molar refractivity (Wildman–Crippen MR) is 105 cm³/mol. The van der Waals surface area contributed by atoms with E-state index in [1.807, 2.05) is 7.05 Å². The van der Waals surface area contributed by atoms with Crippen LogP contribution in [0.4, 0.5) is 0 Å². The highest BCUT2D eigenvalue weighted by Crippen LogP contribution is 2.46. The summed E-state index contributed by atoms with van der Waals surface area (Å²) in [7, 11) is 1.98. The molecular formula is C21H34ClNO5. The second-order valence-electron chi connectivity index (χ2n) is 9.53. The SMILES string of the molecule is CN1CC[C@H](C2C(O)CC(O)C3C(=O)CC(C4CCCCC4Cl)OC32)[C@H](O)C1. The molecule has 2 saturated carbocycles. The van der Waals surface area contributed by atoms with Crippen molar-refractivity contribution < 1.29 is 24.9 Å². The molecule has 4 fully saturated rings. The molecule has 0 aromatic heterocycles. The third-order valence-electron chi connectivity index (χ3n) is 7.72. The number of carbonyl (C=O) groups excluding carboxylic acids is 1. The topological polar surface area (TPSA) is 90.2 Å². The number of hydrogen-bond donors (Lipinski definition) is 3. The van der Waals surface area contributed by atoms with E-state index in [4.69, 9.17) is 16.3 Å². The van der Waals surface area contributed by atoms with E-state index in [9.17, 15) is 20.1 Å². The van der Waals surface area contributed by atoms with E-state index in [1.165, 1.54) is 0 Å². The molecule has 6 nitrogen and oxygen atoms in total. The van der Waals surface area contributed by atoms with Crippen LogP contribution in [0, 0.1) is 23.7 Å². The number of β-amino-alcohol motifs (C(OH)–C–C–N with tert-alkyl or cyclic N) is 1. The molecule has 2 aliphatic carbocycles. The lowest BCUT2D eigenvalue weighted by Crippen LogP contribution is -2.62. The number of piperidine rings is 1. The van der Waals surface area contributed by atoms with Gasteiger partial charge in [0.1, 0.15) is 5.78 Å². The number of likely N-dealkylation sites (N-methyl/N-ethyl adjacent to an activating group) is 1. The van der Waals surface area contributed by atoms with Crippen molar-refractivity contribution in [3.63, 3.8) is 0 Å². The lowest BCUT2D eigenvalue weighted by molar-refractivity contribution is -0.214. The first-order chi connectivity index (χ1) is 13.4. The molecule has 0 spiro atoms. The number of Topliss-reactive ketones (excluding diaryl/α,β-unsaturated/α-hetero) is 1. The van der Waals surface area contributed by atoms with Crippen molar-refractivity contribution in [3.05, 3.63) is 0 Å². The average molecular weight is 416 g/mol. The van der Waals surface area contributed by atoms with Gasteiger partial charge in [0.05, 0.1) is 36.4 Å². The third kappa shape index (κ3) is 3.88. The maximum atomic E-state index is 13.0. The lowest BCUT2D eigenvalue weighted by atomic mass is 9.63. The van der Waals surface area contributed by atoms with Crippen LogP contribution in [0.25, 0.3) is 0 Å². The van der Waals surface area contributed by atoms with E-state index in [0.717, 1.165) is 38.6 Å². The Morgan fingerprint density at radius 1 is 1.04 bits per heavy atom. The van der Waals surface area contributed by atoms with Crippen molar-refractivity contribution in [2.45, 2.75) is 80.8 Å². The summed E-state index contributed by atoms with van der Waals surface area (Å²) < 4.78 is 6.50. The van der Waals surface area contributed by atoms with Crippen LogP contribution in [0.2, 0.25) is 0 Å². The zero-order chi connectivity index (χ0) is 20.0. The van der Waals surface area contributed by atoms with Gasteiger partial charge in [0.2, 0.25) is 0 Å². The van der Waals surface area contributed by atoms with Gasteiger partial charge in [-0.25, -0.2) is 0 Å². The largest absolute Gasteiger partial charge is 0.393 e. The van der Waals surface area contributed by atoms with Crippen molar-refractivity contribution in [1.82, 2.24) is 4.90 Å². The summed E-state index contributed by atoms with van der Waals surface area (Å²) >= 11 is 6.58. The van der Waals surface area contributed by atoms with Gasteiger partial charge in [0.15, 0.2) is 0 Å². The summed E-state index contributed by atoms with van der Waals surface area (Å²) in [6.45, 7) is 1.40. The van der Waals surface area contributed by atoms with Gasteiger partial charge in [-0.2, -0.15) is 0 Å². The molecule has 7 heteroatoms. The molecule has 2 aliphatic heterocycles. The molecule has 8 unspecified atom stereocenters. The number of alkyl halides is 1. The highest BCUT2D eigenvalue weighted by atomic mass is 35.5. The summed E-state index contributed by atoms with van der Waals surface area (Å²) in [6, 6.07) is 0. The summed E-state index contributed by atoms with van der Waals surface area (Å²) in [4.78, 5) is 15.1. The number of rotatable bonds is 2. The number of halogens is 1. The Kier molecular flexibility index (Phi) is 6.36.